The van der Waals surface area contributed by atoms with Crippen LogP contribution in [-0.2, 0) is 6.54 Å². The van der Waals surface area contributed by atoms with E-state index in [1.165, 1.54) is 6.07 Å². The Kier molecular flexibility index (Phi) is 3.97. The molecular formula is C17H18FN3. The van der Waals surface area contributed by atoms with Crippen molar-refractivity contribution in [3.63, 3.8) is 0 Å². The molecule has 0 aliphatic carbocycles. The molecule has 0 amide bonds. The van der Waals surface area contributed by atoms with Crippen molar-refractivity contribution >= 4 is 11.0 Å². The van der Waals surface area contributed by atoms with Crippen LogP contribution in [0.1, 0.15) is 12.8 Å². The highest BCUT2D eigenvalue weighted by Crippen LogP contribution is 2.27. The van der Waals surface area contributed by atoms with E-state index in [9.17, 15) is 4.39 Å². The standard InChI is InChI=1S/C17H18FN3/c18-14-8-2-1-7-13(14)17-20-15-9-3-4-10-16(15)21(17)12-6-5-11-19/h1-4,7-10H,5-6,11-12,19H2. The first-order chi connectivity index (χ1) is 10.3. The second-order valence-corrected chi connectivity index (χ2v) is 5.05. The SMILES string of the molecule is NCCCCn1c(-c2ccccc2F)nc2ccccc21. The number of aromatic nitrogens is 2. The number of rotatable bonds is 5. The third-order valence-corrected chi connectivity index (χ3v) is 3.61. The Morgan fingerprint density at radius 2 is 1.76 bits per heavy atom. The molecule has 0 fully saturated rings. The normalized spacial score (nSPS) is 11.1. The van der Waals surface area contributed by atoms with Gasteiger partial charge in [-0.25, -0.2) is 9.37 Å². The lowest BCUT2D eigenvalue weighted by Gasteiger charge is -2.09. The summed E-state index contributed by atoms with van der Waals surface area (Å²) in [5.41, 5.74) is 8.04. The Balaban J connectivity index is 2.12. The lowest BCUT2D eigenvalue weighted by molar-refractivity contribution is 0.614. The summed E-state index contributed by atoms with van der Waals surface area (Å²) in [5, 5.41) is 0. The number of hydrogen-bond donors (Lipinski definition) is 1. The first-order valence-electron chi connectivity index (χ1n) is 7.21. The summed E-state index contributed by atoms with van der Waals surface area (Å²) in [4.78, 5) is 4.61. The van der Waals surface area contributed by atoms with E-state index in [-0.39, 0.29) is 5.82 Å². The van der Waals surface area contributed by atoms with Crippen LogP contribution in [0.5, 0.6) is 0 Å². The molecule has 3 aromatic rings. The monoisotopic (exact) mass is 283 g/mol. The molecule has 0 aliphatic rings. The first kappa shape index (κ1) is 13.8. The summed E-state index contributed by atoms with van der Waals surface area (Å²) in [5.74, 6) is 0.444. The summed E-state index contributed by atoms with van der Waals surface area (Å²) >= 11 is 0. The fourth-order valence-corrected chi connectivity index (χ4v) is 2.56. The van der Waals surface area contributed by atoms with Gasteiger partial charge in [0.1, 0.15) is 11.6 Å². The molecule has 4 heteroatoms. The average Bonchev–Trinajstić information content (AvgIpc) is 2.87. The summed E-state index contributed by atoms with van der Waals surface area (Å²) in [6.45, 7) is 1.46. The van der Waals surface area contributed by atoms with E-state index in [1.54, 1.807) is 12.1 Å². The molecule has 108 valence electrons. The van der Waals surface area contributed by atoms with Crippen molar-refractivity contribution in [2.24, 2.45) is 5.73 Å². The van der Waals surface area contributed by atoms with Gasteiger partial charge in [-0.3, -0.25) is 0 Å². The number of halogens is 1. The summed E-state index contributed by atoms with van der Waals surface area (Å²) in [6, 6.07) is 14.7. The van der Waals surface area contributed by atoms with Gasteiger partial charge in [0.05, 0.1) is 16.6 Å². The van der Waals surface area contributed by atoms with E-state index < -0.39 is 0 Å². The second kappa shape index (κ2) is 6.06. The number of unbranched alkanes of at least 4 members (excludes halogenated alkanes) is 1. The van der Waals surface area contributed by atoms with Gasteiger partial charge in [0, 0.05) is 6.54 Å². The lowest BCUT2D eigenvalue weighted by atomic mass is 10.2. The van der Waals surface area contributed by atoms with Crippen molar-refractivity contribution in [2.75, 3.05) is 6.54 Å². The maximum Gasteiger partial charge on any atom is 0.144 e. The highest BCUT2D eigenvalue weighted by Gasteiger charge is 2.14. The van der Waals surface area contributed by atoms with E-state index in [0.717, 1.165) is 30.4 Å². The van der Waals surface area contributed by atoms with Crippen LogP contribution < -0.4 is 5.73 Å². The Morgan fingerprint density at radius 1 is 1.00 bits per heavy atom. The van der Waals surface area contributed by atoms with Crippen molar-refractivity contribution in [2.45, 2.75) is 19.4 Å². The highest BCUT2D eigenvalue weighted by molar-refractivity contribution is 5.80. The van der Waals surface area contributed by atoms with Gasteiger partial charge >= 0.3 is 0 Å². The summed E-state index contributed by atoms with van der Waals surface area (Å²) in [6.07, 6.45) is 1.90. The van der Waals surface area contributed by atoms with Crippen LogP contribution in [0.4, 0.5) is 4.39 Å². The molecule has 2 N–H and O–H groups in total. The smallest absolute Gasteiger partial charge is 0.144 e. The van der Waals surface area contributed by atoms with Crippen molar-refractivity contribution in [1.29, 1.82) is 0 Å². The van der Waals surface area contributed by atoms with E-state index in [2.05, 4.69) is 9.55 Å². The van der Waals surface area contributed by atoms with Gasteiger partial charge in [-0.2, -0.15) is 0 Å². The average molecular weight is 283 g/mol. The quantitative estimate of drug-likeness (QED) is 0.727. The molecule has 0 bridgehead atoms. The van der Waals surface area contributed by atoms with E-state index >= 15 is 0 Å². The number of benzene rings is 2. The number of hydrogen-bond acceptors (Lipinski definition) is 2. The Bertz CT molecular complexity index is 749. The van der Waals surface area contributed by atoms with Gasteiger partial charge in [0.15, 0.2) is 0 Å². The van der Waals surface area contributed by atoms with Gasteiger partial charge in [-0.05, 0) is 43.7 Å². The van der Waals surface area contributed by atoms with Gasteiger partial charge in [-0.1, -0.05) is 24.3 Å². The number of nitrogens with zero attached hydrogens (tertiary/aromatic N) is 2. The number of aryl methyl sites for hydroxylation is 1. The van der Waals surface area contributed by atoms with Crippen LogP contribution in [0.15, 0.2) is 48.5 Å². The third-order valence-electron chi connectivity index (χ3n) is 3.61. The first-order valence-corrected chi connectivity index (χ1v) is 7.21. The van der Waals surface area contributed by atoms with Crippen LogP contribution in [0.25, 0.3) is 22.4 Å². The molecule has 1 aromatic heterocycles. The van der Waals surface area contributed by atoms with Crippen LogP contribution in [-0.4, -0.2) is 16.1 Å². The molecule has 0 radical (unpaired) electrons. The molecular weight excluding hydrogens is 265 g/mol. The largest absolute Gasteiger partial charge is 0.330 e. The van der Waals surface area contributed by atoms with Crippen molar-refractivity contribution in [3.8, 4) is 11.4 Å². The number of imidazole rings is 1. The van der Waals surface area contributed by atoms with Crippen LogP contribution in [0.2, 0.25) is 0 Å². The molecule has 0 spiro atoms. The molecule has 3 rings (SSSR count). The molecule has 0 aliphatic heterocycles. The molecule has 0 saturated heterocycles. The molecule has 0 atom stereocenters. The predicted molar refractivity (Wildman–Crippen MR) is 83.4 cm³/mol. The molecule has 21 heavy (non-hydrogen) atoms. The second-order valence-electron chi connectivity index (χ2n) is 5.05. The van der Waals surface area contributed by atoms with E-state index in [1.807, 2.05) is 30.3 Å². The van der Waals surface area contributed by atoms with Gasteiger partial charge in [0.2, 0.25) is 0 Å². The molecule has 0 saturated carbocycles. The molecule has 1 heterocycles. The zero-order valence-corrected chi connectivity index (χ0v) is 11.8. The minimum atomic E-state index is -0.243. The molecule has 3 nitrogen and oxygen atoms in total. The molecule has 2 aromatic carbocycles. The van der Waals surface area contributed by atoms with Gasteiger partial charge in [-0.15, -0.1) is 0 Å². The summed E-state index contributed by atoms with van der Waals surface area (Å²) in [7, 11) is 0. The number of fused-ring (bicyclic) bond motifs is 1. The minimum absolute atomic E-state index is 0.243. The third kappa shape index (κ3) is 2.67. The molecule has 0 unspecified atom stereocenters. The number of para-hydroxylation sites is 2. The van der Waals surface area contributed by atoms with Crippen molar-refractivity contribution in [1.82, 2.24) is 9.55 Å². The van der Waals surface area contributed by atoms with Crippen LogP contribution >= 0.6 is 0 Å². The topological polar surface area (TPSA) is 43.8 Å². The van der Waals surface area contributed by atoms with Crippen LogP contribution in [0, 0.1) is 5.82 Å². The van der Waals surface area contributed by atoms with Crippen molar-refractivity contribution < 1.29 is 4.39 Å². The maximum absolute atomic E-state index is 14.1. The van der Waals surface area contributed by atoms with E-state index in [0.29, 0.717) is 17.9 Å². The zero-order chi connectivity index (χ0) is 14.7. The number of nitrogens with two attached hydrogens (primary N) is 1. The fourth-order valence-electron chi connectivity index (χ4n) is 2.56. The Morgan fingerprint density at radius 3 is 2.57 bits per heavy atom. The predicted octanol–water partition coefficient (Wildman–Crippen LogP) is 3.58. The Labute approximate surface area is 123 Å². The zero-order valence-electron chi connectivity index (χ0n) is 11.8. The lowest BCUT2D eigenvalue weighted by Crippen LogP contribution is -2.05. The van der Waals surface area contributed by atoms with E-state index in [4.69, 9.17) is 5.73 Å². The minimum Gasteiger partial charge on any atom is -0.330 e. The fraction of sp³-hybridized carbons (Fsp3) is 0.235. The highest BCUT2D eigenvalue weighted by atomic mass is 19.1. The summed E-state index contributed by atoms with van der Waals surface area (Å²) < 4.78 is 16.2. The van der Waals surface area contributed by atoms with Crippen LogP contribution in [0.3, 0.4) is 0 Å². The van der Waals surface area contributed by atoms with Gasteiger partial charge in [0.25, 0.3) is 0 Å². The van der Waals surface area contributed by atoms with Gasteiger partial charge < -0.3 is 10.3 Å². The Hall–Kier alpha value is -2.20. The maximum atomic E-state index is 14.1. The van der Waals surface area contributed by atoms with Crippen molar-refractivity contribution in [3.05, 3.63) is 54.3 Å².